The van der Waals surface area contributed by atoms with Crippen molar-refractivity contribution in [1.82, 2.24) is 0 Å². The summed E-state index contributed by atoms with van der Waals surface area (Å²) in [6.07, 6.45) is 1.67. The number of carbonyl (C=O) groups is 1. The van der Waals surface area contributed by atoms with Gasteiger partial charge in [0.1, 0.15) is 5.75 Å². The quantitative estimate of drug-likeness (QED) is 0.634. The van der Waals surface area contributed by atoms with Gasteiger partial charge in [0.25, 0.3) is 5.69 Å². The Hall–Kier alpha value is -2.11. The van der Waals surface area contributed by atoms with E-state index in [2.05, 4.69) is 5.32 Å². The topological polar surface area (TPSA) is 81.5 Å². The molecule has 0 fully saturated rings. The molecule has 0 saturated carbocycles. The van der Waals surface area contributed by atoms with Crippen LogP contribution in [-0.2, 0) is 4.79 Å². The standard InChI is InChI=1S/C13H18N2O4/c1-4-5-9(2)13(16)14-11-8-10(15(17)18)6-7-12(11)19-3/h6-9H,4-5H2,1-3H3,(H,14,16)/t9-/m0/s1. The molecular weight excluding hydrogens is 248 g/mol. The molecule has 0 bridgehead atoms. The molecule has 0 unspecified atom stereocenters. The highest BCUT2D eigenvalue weighted by Crippen LogP contribution is 2.29. The van der Waals surface area contributed by atoms with Gasteiger partial charge in [-0.3, -0.25) is 14.9 Å². The van der Waals surface area contributed by atoms with E-state index in [9.17, 15) is 14.9 Å². The minimum atomic E-state index is -0.509. The van der Waals surface area contributed by atoms with Crippen molar-refractivity contribution in [2.45, 2.75) is 26.7 Å². The smallest absolute Gasteiger partial charge is 0.271 e. The molecule has 1 rings (SSSR count). The van der Waals surface area contributed by atoms with Gasteiger partial charge in [0.05, 0.1) is 17.7 Å². The van der Waals surface area contributed by atoms with E-state index < -0.39 is 4.92 Å². The lowest BCUT2D eigenvalue weighted by Crippen LogP contribution is -2.20. The lowest BCUT2D eigenvalue weighted by atomic mass is 10.1. The number of hydrogen-bond donors (Lipinski definition) is 1. The molecule has 0 aromatic heterocycles. The maximum Gasteiger partial charge on any atom is 0.271 e. The SMILES string of the molecule is CCC[C@H](C)C(=O)Nc1cc([N+](=O)[O-])ccc1OC. The number of nitro groups is 1. The van der Waals surface area contributed by atoms with Crippen LogP contribution in [0.1, 0.15) is 26.7 Å². The lowest BCUT2D eigenvalue weighted by molar-refractivity contribution is -0.384. The number of ether oxygens (including phenoxy) is 1. The second kappa shape index (κ2) is 6.72. The Bertz CT molecular complexity index is 474. The minimum Gasteiger partial charge on any atom is -0.495 e. The number of hydrogen-bond acceptors (Lipinski definition) is 4. The molecule has 0 spiro atoms. The van der Waals surface area contributed by atoms with Crippen molar-refractivity contribution in [3.63, 3.8) is 0 Å². The number of anilines is 1. The number of carbonyl (C=O) groups excluding carboxylic acids is 1. The van der Waals surface area contributed by atoms with E-state index in [0.29, 0.717) is 11.4 Å². The summed E-state index contributed by atoms with van der Waals surface area (Å²) in [6.45, 7) is 3.82. The first-order valence-electron chi connectivity index (χ1n) is 6.12. The minimum absolute atomic E-state index is 0.0840. The van der Waals surface area contributed by atoms with Gasteiger partial charge in [-0.05, 0) is 12.5 Å². The van der Waals surface area contributed by atoms with E-state index in [1.165, 1.54) is 25.3 Å². The molecule has 0 radical (unpaired) electrons. The van der Waals surface area contributed by atoms with E-state index in [-0.39, 0.29) is 17.5 Å². The number of methoxy groups -OCH3 is 1. The van der Waals surface area contributed by atoms with Crippen molar-refractivity contribution >= 4 is 17.3 Å². The Labute approximate surface area is 111 Å². The molecular formula is C13H18N2O4. The first kappa shape index (κ1) is 14.9. The summed E-state index contributed by atoms with van der Waals surface area (Å²) in [7, 11) is 1.45. The van der Waals surface area contributed by atoms with Gasteiger partial charge < -0.3 is 10.1 Å². The fourth-order valence-corrected chi connectivity index (χ4v) is 1.73. The Balaban J connectivity index is 2.94. The van der Waals surface area contributed by atoms with Crippen LogP contribution in [0.25, 0.3) is 0 Å². The molecule has 104 valence electrons. The summed E-state index contributed by atoms with van der Waals surface area (Å²) in [5.41, 5.74) is 0.240. The predicted octanol–water partition coefficient (Wildman–Crippen LogP) is 2.98. The molecule has 1 atom stereocenters. The zero-order chi connectivity index (χ0) is 14.4. The van der Waals surface area contributed by atoms with Gasteiger partial charge >= 0.3 is 0 Å². The number of nitro benzene ring substituents is 1. The molecule has 6 heteroatoms. The molecule has 0 saturated heterocycles. The highest BCUT2D eigenvalue weighted by Gasteiger charge is 2.16. The lowest BCUT2D eigenvalue weighted by Gasteiger charge is -2.13. The van der Waals surface area contributed by atoms with Gasteiger partial charge in [0.15, 0.2) is 0 Å². The maximum atomic E-state index is 11.9. The Morgan fingerprint density at radius 3 is 2.74 bits per heavy atom. The van der Waals surface area contributed by atoms with Gasteiger partial charge in [-0.2, -0.15) is 0 Å². The van der Waals surface area contributed by atoms with Crippen LogP contribution in [0, 0.1) is 16.0 Å². The highest BCUT2D eigenvalue weighted by molar-refractivity contribution is 5.94. The number of rotatable bonds is 6. The molecule has 19 heavy (non-hydrogen) atoms. The highest BCUT2D eigenvalue weighted by atomic mass is 16.6. The number of nitrogens with one attached hydrogen (secondary N) is 1. The summed E-state index contributed by atoms with van der Waals surface area (Å²) in [5, 5.41) is 13.4. The predicted molar refractivity (Wildman–Crippen MR) is 72.4 cm³/mol. The molecule has 0 heterocycles. The molecule has 1 aromatic carbocycles. The maximum absolute atomic E-state index is 11.9. The van der Waals surface area contributed by atoms with E-state index in [4.69, 9.17) is 4.74 Å². The summed E-state index contributed by atoms with van der Waals surface area (Å²) < 4.78 is 5.08. The van der Waals surface area contributed by atoms with Crippen LogP contribution < -0.4 is 10.1 Å². The molecule has 0 aliphatic heterocycles. The van der Waals surface area contributed by atoms with Crippen molar-refractivity contribution in [3.8, 4) is 5.75 Å². The summed E-state index contributed by atoms with van der Waals surface area (Å²) in [4.78, 5) is 22.1. The monoisotopic (exact) mass is 266 g/mol. The third kappa shape index (κ3) is 3.94. The van der Waals surface area contributed by atoms with Gasteiger partial charge in [-0.25, -0.2) is 0 Å². The van der Waals surface area contributed by atoms with Crippen LogP contribution in [0.2, 0.25) is 0 Å². The molecule has 1 N–H and O–H groups in total. The Kier molecular flexibility index (Phi) is 5.29. The summed E-state index contributed by atoms with van der Waals surface area (Å²) >= 11 is 0. The van der Waals surface area contributed by atoms with Crippen LogP contribution in [0.5, 0.6) is 5.75 Å². The third-order valence-corrected chi connectivity index (χ3v) is 2.82. The molecule has 1 amide bonds. The van der Waals surface area contributed by atoms with Gasteiger partial charge in [0.2, 0.25) is 5.91 Å². The Morgan fingerprint density at radius 2 is 2.21 bits per heavy atom. The second-order valence-corrected chi connectivity index (χ2v) is 4.32. The largest absolute Gasteiger partial charge is 0.495 e. The van der Waals surface area contributed by atoms with Crippen molar-refractivity contribution < 1.29 is 14.5 Å². The molecule has 1 aromatic rings. The van der Waals surface area contributed by atoms with Crippen LogP contribution in [-0.4, -0.2) is 17.9 Å². The van der Waals surface area contributed by atoms with Crippen molar-refractivity contribution in [2.75, 3.05) is 12.4 Å². The van der Waals surface area contributed by atoms with Crippen LogP contribution in [0.4, 0.5) is 11.4 Å². The molecule has 0 aliphatic rings. The van der Waals surface area contributed by atoms with Crippen molar-refractivity contribution in [3.05, 3.63) is 28.3 Å². The zero-order valence-corrected chi connectivity index (χ0v) is 11.3. The van der Waals surface area contributed by atoms with Crippen molar-refractivity contribution in [1.29, 1.82) is 0 Å². The van der Waals surface area contributed by atoms with E-state index in [1.807, 2.05) is 13.8 Å². The fourth-order valence-electron chi connectivity index (χ4n) is 1.73. The molecule has 6 nitrogen and oxygen atoms in total. The average Bonchev–Trinajstić information content (AvgIpc) is 2.38. The third-order valence-electron chi connectivity index (χ3n) is 2.82. The number of non-ortho nitro benzene ring substituents is 1. The van der Waals surface area contributed by atoms with E-state index >= 15 is 0 Å². The van der Waals surface area contributed by atoms with Crippen LogP contribution in [0.3, 0.4) is 0 Å². The first-order valence-corrected chi connectivity index (χ1v) is 6.12. The fraction of sp³-hybridized carbons (Fsp3) is 0.462. The van der Waals surface area contributed by atoms with Crippen LogP contribution >= 0.6 is 0 Å². The van der Waals surface area contributed by atoms with Crippen LogP contribution in [0.15, 0.2) is 18.2 Å². The molecule has 0 aliphatic carbocycles. The summed E-state index contributed by atoms with van der Waals surface area (Å²) in [6, 6.07) is 4.11. The van der Waals surface area contributed by atoms with Gasteiger partial charge in [-0.1, -0.05) is 20.3 Å². The average molecular weight is 266 g/mol. The Morgan fingerprint density at radius 1 is 1.53 bits per heavy atom. The normalized spacial score (nSPS) is 11.7. The van der Waals surface area contributed by atoms with Gasteiger partial charge in [-0.15, -0.1) is 0 Å². The number of benzene rings is 1. The zero-order valence-electron chi connectivity index (χ0n) is 11.3. The number of amides is 1. The summed E-state index contributed by atoms with van der Waals surface area (Å²) in [5.74, 6) is 0.0947. The number of nitrogens with zero attached hydrogens (tertiary/aromatic N) is 1. The second-order valence-electron chi connectivity index (χ2n) is 4.32. The van der Waals surface area contributed by atoms with Crippen molar-refractivity contribution in [2.24, 2.45) is 5.92 Å². The first-order chi connectivity index (χ1) is 8.99. The van der Waals surface area contributed by atoms with Gasteiger partial charge in [0, 0.05) is 18.1 Å². The van der Waals surface area contributed by atoms with E-state index in [0.717, 1.165) is 12.8 Å². The van der Waals surface area contributed by atoms with E-state index in [1.54, 1.807) is 0 Å².